The van der Waals surface area contributed by atoms with E-state index in [2.05, 4.69) is 49.1 Å². The van der Waals surface area contributed by atoms with Crippen LogP contribution in [0.2, 0.25) is 0 Å². The molecule has 0 aliphatic carbocycles. The van der Waals surface area contributed by atoms with Crippen molar-refractivity contribution in [3.63, 3.8) is 0 Å². The number of hydrogen-bond donors (Lipinski definition) is 2. The Bertz CT molecular complexity index is 1280. The summed E-state index contributed by atoms with van der Waals surface area (Å²) in [5, 5.41) is 21.6. The van der Waals surface area contributed by atoms with Gasteiger partial charge in [-0.1, -0.05) is 30.3 Å². The van der Waals surface area contributed by atoms with Crippen molar-refractivity contribution in [2.45, 2.75) is 20.3 Å². The Morgan fingerprint density at radius 3 is 1.46 bits per heavy atom. The molecule has 3 aromatic rings. The number of fused-ring (bicyclic) bond motifs is 4. The van der Waals surface area contributed by atoms with Crippen LogP contribution in [0, 0.1) is 13.8 Å². The van der Waals surface area contributed by atoms with E-state index in [1.165, 1.54) is 5.56 Å². The first-order valence-electron chi connectivity index (χ1n) is 13.4. The highest BCUT2D eigenvalue weighted by Gasteiger charge is 2.09. The molecule has 202 valence electrons. The molecule has 1 heterocycles. The van der Waals surface area contributed by atoms with Gasteiger partial charge in [-0.2, -0.15) is 0 Å². The molecular weight excluding hydrogens is 486 g/mol. The molecular formula is C32H37N5O2. The quantitative estimate of drug-likeness (QED) is 0.523. The van der Waals surface area contributed by atoms with E-state index in [0.717, 1.165) is 37.2 Å². The number of rotatable bonds is 3. The summed E-state index contributed by atoms with van der Waals surface area (Å²) in [6.07, 6.45) is 7.80. The number of benzene rings is 3. The molecule has 1 aliphatic rings. The number of aliphatic imine (C=N–C) groups is 4. The van der Waals surface area contributed by atoms with Gasteiger partial charge < -0.3 is 10.2 Å². The van der Waals surface area contributed by atoms with Crippen LogP contribution in [0.25, 0.3) is 0 Å². The van der Waals surface area contributed by atoms with Gasteiger partial charge in [0.05, 0.1) is 26.2 Å². The fraction of sp³-hybridized carbons (Fsp3) is 0.312. The third kappa shape index (κ3) is 8.45. The normalized spacial score (nSPS) is 15.2. The first-order chi connectivity index (χ1) is 19.0. The predicted octanol–water partition coefficient (Wildman–Crippen LogP) is 4.65. The lowest BCUT2D eigenvalue weighted by molar-refractivity contribution is 0.293. The second kappa shape index (κ2) is 14.2. The summed E-state index contributed by atoms with van der Waals surface area (Å²) in [4.78, 5) is 20.5. The minimum atomic E-state index is 0.176. The number of phenolic OH excluding ortho intramolecular Hbond substituents is 2. The second-order valence-corrected chi connectivity index (χ2v) is 9.80. The van der Waals surface area contributed by atoms with Gasteiger partial charge in [0.1, 0.15) is 11.5 Å². The zero-order valence-electron chi connectivity index (χ0n) is 22.8. The molecule has 1 aliphatic heterocycles. The van der Waals surface area contributed by atoms with Crippen LogP contribution in [0.15, 0.2) is 74.6 Å². The summed E-state index contributed by atoms with van der Waals surface area (Å²) in [5.74, 6) is 0.352. The van der Waals surface area contributed by atoms with E-state index in [1.54, 1.807) is 24.9 Å². The number of hydrogen-bond acceptors (Lipinski definition) is 7. The Labute approximate surface area is 231 Å². The summed E-state index contributed by atoms with van der Waals surface area (Å²) in [6.45, 7) is 8.57. The Hall–Kier alpha value is -4.10. The van der Waals surface area contributed by atoms with E-state index >= 15 is 0 Å². The Morgan fingerprint density at radius 1 is 0.615 bits per heavy atom. The van der Waals surface area contributed by atoms with Crippen LogP contribution in [0.4, 0.5) is 0 Å². The van der Waals surface area contributed by atoms with E-state index in [-0.39, 0.29) is 11.5 Å². The van der Waals surface area contributed by atoms with Crippen LogP contribution >= 0.6 is 0 Å². The molecule has 7 heteroatoms. The SMILES string of the molecule is Cc1cc2c(O)c(c1)C=NCCN(CCc1ccccc1)CCN=Cc1cc(C)cc(c1O)C=NCCN=C2. The first kappa shape index (κ1) is 27.9. The lowest BCUT2D eigenvalue weighted by Gasteiger charge is -2.20. The molecule has 0 amide bonds. The van der Waals surface area contributed by atoms with E-state index in [9.17, 15) is 10.2 Å². The van der Waals surface area contributed by atoms with Crippen molar-refractivity contribution in [3.05, 3.63) is 93.5 Å². The summed E-state index contributed by atoms with van der Waals surface area (Å²) in [7, 11) is 0. The van der Waals surface area contributed by atoms with Crippen molar-refractivity contribution in [1.29, 1.82) is 0 Å². The molecule has 0 saturated carbocycles. The monoisotopic (exact) mass is 523 g/mol. The lowest BCUT2D eigenvalue weighted by atomic mass is 10.1. The second-order valence-electron chi connectivity index (χ2n) is 9.80. The van der Waals surface area contributed by atoms with Crippen LogP contribution in [0.5, 0.6) is 11.5 Å². The number of nitrogens with zero attached hydrogens (tertiary/aromatic N) is 5. The van der Waals surface area contributed by atoms with Gasteiger partial charge in [-0.25, -0.2) is 0 Å². The van der Waals surface area contributed by atoms with Crippen LogP contribution < -0.4 is 0 Å². The third-order valence-electron chi connectivity index (χ3n) is 6.56. The van der Waals surface area contributed by atoms with Crippen molar-refractivity contribution in [2.75, 3.05) is 45.8 Å². The minimum absolute atomic E-state index is 0.176. The molecule has 0 radical (unpaired) electrons. The Balaban J connectivity index is 1.58. The van der Waals surface area contributed by atoms with Crippen molar-refractivity contribution in [2.24, 2.45) is 20.0 Å². The molecule has 0 aromatic heterocycles. The van der Waals surface area contributed by atoms with Gasteiger partial charge in [-0.15, -0.1) is 0 Å². The molecule has 0 spiro atoms. The van der Waals surface area contributed by atoms with Crippen LogP contribution in [-0.4, -0.2) is 85.8 Å². The average Bonchev–Trinajstić information content (AvgIpc) is 2.93. The van der Waals surface area contributed by atoms with Gasteiger partial charge in [0.25, 0.3) is 0 Å². The summed E-state index contributed by atoms with van der Waals surface area (Å²) in [6, 6.07) is 18.1. The summed E-state index contributed by atoms with van der Waals surface area (Å²) >= 11 is 0. The average molecular weight is 524 g/mol. The van der Waals surface area contributed by atoms with Crippen molar-refractivity contribution < 1.29 is 10.2 Å². The summed E-state index contributed by atoms with van der Waals surface area (Å²) in [5.41, 5.74) is 6.05. The molecule has 4 bridgehead atoms. The van der Waals surface area contributed by atoms with Crippen LogP contribution in [-0.2, 0) is 6.42 Å². The van der Waals surface area contributed by atoms with Gasteiger partial charge in [0.15, 0.2) is 0 Å². The Morgan fingerprint density at radius 2 is 1.03 bits per heavy atom. The largest absolute Gasteiger partial charge is 0.507 e. The molecule has 4 rings (SSSR count). The van der Waals surface area contributed by atoms with Crippen LogP contribution in [0.3, 0.4) is 0 Å². The van der Waals surface area contributed by atoms with E-state index < -0.39 is 0 Å². The first-order valence-corrected chi connectivity index (χ1v) is 13.4. The molecule has 2 N–H and O–H groups in total. The van der Waals surface area contributed by atoms with Gasteiger partial charge in [0.2, 0.25) is 0 Å². The molecule has 3 aromatic carbocycles. The van der Waals surface area contributed by atoms with Gasteiger partial charge in [0, 0.05) is 66.7 Å². The molecule has 0 atom stereocenters. The standard InChI is InChI=1S/C32H37N5O2/c1-24-16-27-20-33-9-10-34-21-28-17-25(2)19-30(32(28)39)23-36-12-15-37(13-8-26-6-4-3-5-7-26)14-11-35-22-29(18-24)31(27)38/h3-7,16-23,38-39H,8-15H2,1-2H3. The van der Waals surface area contributed by atoms with Gasteiger partial charge >= 0.3 is 0 Å². The van der Waals surface area contributed by atoms with Crippen LogP contribution in [0.1, 0.15) is 38.9 Å². The van der Waals surface area contributed by atoms with E-state index in [0.29, 0.717) is 48.4 Å². The minimum Gasteiger partial charge on any atom is -0.507 e. The van der Waals surface area contributed by atoms with Gasteiger partial charge in [-0.3, -0.25) is 24.9 Å². The zero-order valence-corrected chi connectivity index (χ0v) is 22.8. The molecule has 0 fully saturated rings. The molecule has 39 heavy (non-hydrogen) atoms. The number of aryl methyl sites for hydroxylation is 2. The number of phenols is 2. The highest BCUT2D eigenvalue weighted by molar-refractivity contribution is 5.93. The number of aromatic hydroxyl groups is 2. The predicted molar refractivity (Wildman–Crippen MR) is 162 cm³/mol. The molecule has 7 nitrogen and oxygen atoms in total. The lowest BCUT2D eigenvalue weighted by Crippen LogP contribution is -2.31. The highest BCUT2D eigenvalue weighted by atomic mass is 16.3. The topological polar surface area (TPSA) is 93.1 Å². The highest BCUT2D eigenvalue weighted by Crippen LogP contribution is 2.23. The molecule has 0 unspecified atom stereocenters. The fourth-order valence-corrected chi connectivity index (χ4v) is 4.50. The van der Waals surface area contributed by atoms with Gasteiger partial charge in [-0.05, 0) is 61.2 Å². The smallest absolute Gasteiger partial charge is 0.133 e. The zero-order chi connectivity index (χ0) is 27.5. The van der Waals surface area contributed by atoms with E-state index in [1.807, 2.05) is 44.2 Å². The maximum absolute atomic E-state index is 10.8. The van der Waals surface area contributed by atoms with Crippen molar-refractivity contribution in [1.82, 2.24) is 4.90 Å². The maximum Gasteiger partial charge on any atom is 0.133 e. The van der Waals surface area contributed by atoms with E-state index in [4.69, 9.17) is 0 Å². The third-order valence-corrected chi connectivity index (χ3v) is 6.56. The molecule has 0 saturated heterocycles. The van der Waals surface area contributed by atoms with Crippen molar-refractivity contribution in [3.8, 4) is 11.5 Å². The Kier molecular flexibility index (Phi) is 10.1. The maximum atomic E-state index is 10.8. The summed E-state index contributed by atoms with van der Waals surface area (Å²) < 4.78 is 0. The fourth-order valence-electron chi connectivity index (χ4n) is 4.50. The van der Waals surface area contributed by atoms with Crippen molar-refractivity contribution >= 4 is 24.9 Å².